The van der Waals surface area contributed by atoms with Crippen LogP contribution in [0, 0.1) is 5.92 Å². The largest absolute Gasteiger partial charge is 0.384 e. The first-order valence-corrected chi connectivity index (χ1v) is 8.68. The molecule has 0 bridgehead atoms. The molecule has 0 atom stereocenters. The summed E-state index contributed by atoms with van der Waals surface area (Å²) in [6.07, 6.45) is 17.0. The van der Waals surface area contributed by atoms with Gasteiger partial charge in [0.05, 0.1) is 0 Å². The maximum absolute atomic E-state index is 5.68. The van der Waals surface area contributed by atoms with Crippen molar-refractivity contribution < 1.29 is 0 Å². The molecule has 1 aliphatic rings. The molecule has 2 nitrogen and oxygen atoms in total. The summed E-state index contributed by atoms with van der Waals surface area (Å²) >= 11 is 0. The Morgan fingerprint density at radius 3 is 1.90 bits per heavy atom. The maximum Gasteiger partial charge on any atom is 0.123 e. The second-order valence-electron chi connectivity index (χ2n) is 6.45. The third-order valence-corrected chi connectivity index (χ3v) is 4.76. The van der Waals surface area contributed by atoms with Crippen LogP contribution in [0.15, 0.2) is 24.9 Å². The Bertz CT molecular complexity index is 410. The third-order valence-electron chi connectivity index (χ3n) is 4.76. The summed E-state index contributed by atoms with van der Waals surface area (Å²) in [6, 6.07) is 3.96. The highest BCUT2D eigenvalue weighted by atomic mass is 14.8. The molecule has 21 heavy (non-hydrogen) atoms. The van der Waals surface area contributed by atoms with E-state index in [1.165, 1.54) is 81.8 Å². The molecule has 2 rings (SSSR count). The topological polar surface area (TPSA) is 38.9 Å². The van der Waals surface area contributed by atoms with Crippen LogP contribution in [-0.4, -0.2) is 4.98 Å². The molecule has 1 aliphatic carbocycles. The first kappa shape index (κ1) is 16.1. The van der Waals surface area contributed by atoms with Crippen LogP contribution in [-0.2, 0) is 0 Å². The smallest absolute Gasteiger partial charge is 0.123 e. The molecule has 1 saturated carbocycles. The molecule has 0 aromatic carbocycles. The number of hydrogen-bond acceptors (Lipinski definition) is 2. The molecule has 0 spiro atoms. The summed E-state index contributed by atoms with van der Waals surface area (Å²) in [4.78, 5) is 4.21. The molecule has 1 aromatic rings. The Morgan fingerprint density at radius 1 is 0.905 bits per heavy atom. The Hall–Kier alpha value is -1.31. The van der Waals surface area contributed by atoms with Gasteiger partial charge in [0.15, 0.2) is 0 Å². The highest BCUT2D eigenvalue weighted by Crippen LogP contribution is 2.31. The monoisotopic (exact) mass is 286 g/mol. The lowest BCUT2D eigenvalue weighted by Gasteiger charge is -2.20. The third kappa shape index (κ3) is 5.53. The van der Waals surface area contributed by atoms with E-state index in [9.17, 15) is 0 Å². The predicted molar refractivity (Wildman–Crippen MR) is 92.0 cm³/mol. The average Bonchev–Trinajstić information content (AvgIpc) is 2.48. The van der Waals surface area contributed by atoms with Gasteiger partial charge in [-0.25, -0.2) is 4.98 Å². The first-order chi connectivity index (χ1) is 10.3. The van der Waals surface area contributed by atoms with E-state index < -0.39 is 0 Å². The maximum atomic E-state index is 5.68. The van der Waals surface area contributed by atoms with E-state index in [2.05, 4.69) is 17.6 Å². The molecule has 0 radical (unpaired) electrons. The van der Waals surface area contributed by atoms with Crippen LogP contribution in [0.3, 0.4) is 0 Å². The van der Waals surface area contributed by atoms with Crippen molar-refractivity contribution in [2.75, 3.05) is 5.73 Å². The summed E-state index contributed by atoms with van der Waals surface area (Å²) in [5.74, 6) is 1.21. The lowest BCUT2D eigenvalue weighted by Crippen LogP contribution is -2.05. The van der Waals surface area contributed by atoms with Crippen molar-refractivity contribution in [2.24, 2.45) is 5.92 Å². The zero-order valence-corrected chi connectivity index (χ0v) is 13.3. The van der Waals surface area contributed by atoms with Gasteiger partial charge in [0.1, 0.15) is 5.82 Å². The van der Waals surface area contributed by atoms with Crippen LogP contribution in [0.2, 0.25) is 0 Å². The van der Waals surface area contributed by atoms with E-state index in [4.69, 9.17) is 5.73 Å². The van der Waals surface area contributed by atoms with Gasteiger partial charge in [0, 0.05) is 6.20 Å². The van der Waals surface area contributed by atoms with Gasteiger partial charge >= 0.3 is 0 Å². The molecule has 116 valence electrons. The zero-order chi connectivity index (χ0) is 14.9. The summed E-state index contributed by atoms with van der Waals surface area (Å²) in [7, 11) is 0. The lowest BCUT2D eigenvalue weighted by atomic mass is 9.85. The van der Waals surface area contributed by atoms with Crippen LogP contribution in [0.25, 0.3) is 5.57 Å². The van der Waals surface area contributed by atoms with Gasteiger partial charge in [-0.2, -0.15) is 0 Å². The Balaban J connectivity index is 1.95. The van der Waals surface area contributed by atoms with Crippen LogP contribution in [0.4, 0.5) is 5.82 Å². The van der Waals surface area contributed by atoms with Gasteiger partial charge in [-0.3, -0.25) is 0 Å². The van der Waals surface area contributed by atoms with E-state index in [0.29, 0.717) is 11.7 Å². The summed E-state index contributed by atoms with van der Waals surface area (Å²) < 4.78 is 0. The van der Waals surface area contributed by atoms with Crippen molar-refractivity contribution in [1.82, 2.24) is 4.98 Å². The van der Waals surface area contributed by atoms with Gasteiger partial charge in [-0.15, -0.1) is 0 Å². The molecule has 0 saturated heterocycles. The molecule has 0 aliphatic heterocycles. The lowest BCUT2D eigenvalue weighted by molar-refractivity contribution is 0.457. The molecule has 1 aromatic heterocycles. The van der Waals surface area contributed by atoms with E-state index in [1.54, 1.807) is 0 Å². The minimum Gasteiger partial charge on any atom is -0.384 e. The van der Waals surface area contributed by atoms with E-state index in [1.807, 2.05) is 12.3 Å². The second-order valence-corrected chi connectivity index (χ2v) is 6.45. The molecule has 0 unspecified atom stereocenters. The van der Waals surface area contributed by atoms with Crippen LogP contribution in [0.1, 0.15) is 76.2 Å². The molecule has 1 fully saturated rings. The SMILES string of the molecule is C=C(c1ccc(N)nc1)C1CCCCCCCCCCC1. The highest BCUT2D eigenvalue weighted by Gasteiger charge is 2.14. The number of pyridine rings is 1. The van der Waals surface area contributed by atoms with E-state index in [-0.39, 0.29) is 0 Å². The molecule has 0 amide bonds. The minimum atomic E-state index is 0.588. The number of aromatic nitrogens is 1. The normalized spacial score (nSPS) is 19.4. The standard InChI is InChI=1S/C19H30N2/c1-16(18-13-14-19(20)21-15-18)17-11-9-7-5-3-2-4-6-8-10-12-17/h13-15,17H,1-12H2,(H2,20,21). The van der Waals surface area contributed by atoms with E-state index in [0.717, 1.165) is 0 Å². The fraction of sp³-hybridized carbons (Fsp3) is 0.632. The fourth-order valence-corrected chi connectivity index (χ4v) is 3.34. The Labute approximate surface area is 129 Å². The number of nitrogens with zero attached hydrogens (tertiary/aromatic N) is 1. The van der Waals surface area contributed by atoms with Crippen LogP contribution >= 0.6 is 0 Å². The summed E-state index contributed by atoms with van der Waals surface area (Å²) in [5.41, 5.74) is 8.11. The number of allylic oxidation sites excluding steroid dienone is 1. The van der Waals surface area contributed by atoms with Gasteiger partial charge in [-0.1, -0.05) is 64.4 Å². The van der Waals surface area contributed by atoms with Crippen molar-refractivity contribution in [1.29, 1.82) is 0 Å². The van der Waals surface area contributed by atoms with Crippen LogP contribution in [0.5, 0.6) is 0 Å². The molecule has 2 heteroatoms. The fourth-order valence-electron chi connectivity index (χ4n) is 3.34. The quantitative estimate of drug-likeness (QED) is 0.768. The predicted octanol–water partition coefficient (Wildman–Crippen LogP) is 5.60. The Kier molecular flexibility index (Phi) is 6.78. The number of anilines is 1. The van der Waals surface area contributed by atoms with Crippen molar-refractivity contribution >= 4 is 11.4 Å². The minimum absolute atomic E-state index is 0.588. The molecular formula is C19H30N2. The molecule has 1 heterocycles. The van der Waals surface area contributed by atoms with Crippen molar-refractivity contribution in [3.8, 4) is 0 Å². The number of nitrogen functional groups attached to an aromatic ring is 1. The van der Waals surface area contributed by atoms with Crippen molar-refractivity contribution in [3.05, 3.63) is 30.5 Å². The van der Waals surface area contributed by atoms with Crippen molar-refractivity contribution in [3.63, 3.8) is 0 Å². The zero-order valence-electron chi connectivity index (χ0n) is 13.3. The highest BCUT2D eigenvalue weighted by molar-refractivity contribution is 5.65. The van der Waals surface area contributed by atoms with Gasteiger partial charge < -0.3 is 5.73 Å². The number of rotatable bonds is 2. The molecular weight excluding hydrogens is 256 g/mol. The number of hydrogen-bond donors (Lipinski definition) is 1. The Morgan fingerprint density at radius 2 is 1.43 bits per heavy atom. The molecule has 2 N–H and O–H groups in total. The van der Waals surface area contributed by atoms with Crippen LogP contribution < -0.4 is 5.73 Å². The van der Waals surface area contributed by atoms with Gasteiger partial charge in [0.2, 0.25) is 0 Å². The first-order valence-electron chi connectivity index (χ1n) is 8.68. The summed E-state index contributed by atoms with van der Waals surface area (Å²) in [6.45, 7) is 4.37. The average molecular weight is 286 g/mol. The van der Waals surface area contributed by atoms with Crippen molar-refractivity contribution in [2.45, 2.75) is 70.6 Å². The summed E-state index contributed by atoms with van der Waals surface area (Å²) in [5, 5.41) is 0. The van der Waals surface area contributed by atoms with Gasteiger partial charge in [0.25, 0.3) is 0 Å². The number of nitrogens with two attached hydrogens (primary N) is 1. The van der Waals surface area contributed by atoms with Gasteiger partial charge in [-0.05, 0) is 42.0 Å². The second kappa shape index (κ2) is 8.86. The van der Waals surface area contributed by atoms with E-state index >= 15 is 0 Å².